The van der Waals surface area contributed by atoms with Crippen LogP contribution in [-0.2, 0) is 8.85 Å². The maximum Gasteiger partial charge on any atom is 0.317 e. The highest BCUT2D eigenvalue weighted by Crippen LogP contribution is 2.33. The maximum atomic E-state index is 4.82. The van der Waals surface area contributed by atoms with Gasteiger partial charge in [0.05, 0.1) is 0 Å². The van der Waals surface area contributed by atoms with Gasteiger partial charge in [-0.1, -0.05) is 19.3 Å². The van der Waals surface area contributed by atoms with Gasteiger partial charge in [0.1, 0.15) is 0 Å². The molecule has 1 saturated carbocycles. The molecule has 1 heterocycles. The van der Waals surface area contributed by atoms with Crippen LogP contribution in [0.4, 0.5) is 0 Å². The molecule has 1 aliphatic carbocycles. The average molecular weight is 245 g/mol. The van der Waals surface area contributed by atoms with E-state index in [0.717, 1.165) is 11.8 Å². The second-order valence-electron chi connectivity index (χ2n) is 4.84. The summed E-state index contributed by atoms with van der Waals surface area (Å²) >= 11 is 0. The van der Waals surface area contributed by atoms with Gasteiger partial charge < -0.3 is 14.2 Å². The van der Waals surface area contributed by atoms with E-state index in [9.17, 15) is 0 Å². The van der Waals surface area contributed by atoms with Crippen molar-refractivity contribution in [1.82, 2.24) is 5.32 Å². The Labute approximate surface area is 102 Å². The largest absolute Gasteiger partial charge is 0.400 e. The van der Waals surface area contributed by atoms with Gasteiger partial charge in [0.2, 0.25) is 0 Å². The van der Waals surface area contributed by atoms with Crippen molar-refractivity contribution >= 4 is 9.28 Å². The van der Waals surface area contributed by atoms with Gasteiger partial charge in [-0.3, -0.25) is 0 Å². The first-order valence-corrected chi connectivity index (χ1v) is 8.64. The SMILES string of the molecule is C1CCC2CNCCC2C1.CO[SiH](C)OC. The fourth-order valence-corrected chi connectivity index (χ4v) is 2.80. The van der Waals surface area contributed by atoms with Crippen molar-refractivity contribution in [1.29, 1.82) is 0 Å². The third-order valence-corrected chi connectivity index (χ3v) is 5.16. The molecule has 2 fully saturated rings. The lowest BCUT2D eigenvalue weighted by Crippen LogP contribution is -2.38. The standard InChI is InChI=1S/C9H17N.C3H10O2Si/c1-2-4-9-7-10-6-5-8(9)3-1;1-4-6(3)5-2/h8-10H,1-7H2;6H,1-3H3. The number of fused-ring (bicyclic) bond motifs is 1. The lowest BCUT2D eigenvalue weighted by atomic mass is 9.76. The van der Waals surface area contributed by atoms with Gasteiger partial charge in [0, 0.05) is 14.2 Å². The van der Waals surface area contributed by atoms with Crippen molar-refractivity contribution in [2.45, 2.75) is 38.7 Å². The Kier molecular flexibility index (Phi) is 7.28. The molecular weight excluding hydrogens is 218 g/mol. The molecule has 4 heteroatoms. The second-order valence-corrected chi connectivity index (χ2v) is 6.91. The van der Waals surface area contributed by atoms with Crippen LogP contribution in [0, 0.1) is 11.8 Å². The topological polar surface area (TPSA) is 30.5 Å². The second kappa shape index (κ2) is 8.23. The van der Waals surface area contributed by atoms with Crippen LogP contribution < -0.4 is 5.32 Å². The molecule has 0 spiro atoms. The van der Waals surface area contributed by atoms with Crippen LogP contribution in [0.3, 0.4) is 0 Å². The van der Waals surface area contributed by atoms with Crippen molar-refractivity contribution in [2.75, 3.05) is 27.3 Å². The van der Waals surface area contributed by atoms with E-state index in [1.54, 1.807) is 14.2 Å². The van der Waals surface area contributed by atoms with E-state index in [1.165, 1.54) is 45.2 Å². The molecule has 0 bridgehead atoms. The first-order valence-electron chi connectivity index (χ1n) is 6.54. The summed E-state index contributed by atoms with van der Waals surface area (Å²) in [5, 5.41) is 3.48. The van der Waals surface area contributed by atoms with Gasteiger partial charge in [0.25, 0.3) is 0 Å². The predicted octanol–water partition coefficient (Wildman–Crippen LogP) is 1.92. The molecule has 2 aliphatic rings. The van der Waals surface area contributed by atoms with Crippen LogP contribution >= 0.6 is 0 Å². The first kappa shape index (κ1) is 14.2. The molecule has 2 rings (SSSR count). The quantitative estimate of drug-likeness (QED) is 0.754. The van der Waals surface area contributed by atoms with Crippen LogP contribution in [0.1, 0.15) is 32.1 Å². The van der Waals surface area contributed by atoms with Gasteiger partial charge in [-0.2, -0.15) is 0 Å². The third kappa shape index (κ3) is 4.95. The minimum Gasteiger partial charge on any atom is -0.400 e. The fraction of sp³-hybridized carbons (Fsp3) is 1.00. The lowest BCUT2D eigenvalue weighted by Gasteiger charge is -2.35. The highest BCUT2D eigenvalue weighted by atomic mass is 28.3. The minimum atomic E-state index is -1.16. The third-order valence-electron chi connectivity index (χ3n) is 3.83. The molecule has 0 aromatic rings. The Bertz CT molecular complexity index is 150. The Morgan fingerprint density at radius 3 is 2.12 bits per heavy atom. The molecule has 1 saturated heterocycles. The Morgan fingerprint density at radius 2 is 1.62 bits per heavy atom. The molecule has 0 aromatic heterocycles. The zero-order valence-corrected chi connectivity index (χ0v) is 12.2. The molecule has 16 heavy (non-hydrogen) atoms. The van der Waals surface area contributed by atoms with Crippen molar-refractivity contribution in [2.24, 2.45) is 11.8 Å². The molecule has 1 aliphatic heterocycles. The van der Waals surface area contributed by atoms with Gasteiger partial charge >= 0.3 is 9.28 Å². The Hall–Kier alpha value is 0.0969. The molecule has 2 unspecified atom stereocenters. The molecule has 3 nitrogen and oxygen atoms in total. The van der Waals surface area contributed by atoms with Gasteiger partial charge in [-0.25, -0.2) is 0 Å². The summed E-state index contributed by atoms with van der Waals surface area (Å²) in [7, 11) is 2.17. The van der Waals surface area contributed by atoms with Crippen LogP contribution in [0.15, 0.2) is 0 Å². The molecule has 0 radical (unpaired) electrons. The molecule has 96 valence electrons. The average Bonchev–Trinajstić information content (AvgIpc) is 2.38. The van der Waals surface area contributed by atoms with E-state index in [-0.39, 0.29) is 0 Å². The zero-order chi connectivity index (χ0) is 11.8. The summed E-state index contributed by atoms with van der Waals surface area (Å²) in [6.07, 6.45) is 7.46. The Balaban J connectivity index is 0.000000187. The summed E-state index contributed by atoms with van der Waals surface area (Å²) < 4.78 is 9.63. The summed E-state index contributed by atoms with van der Waals surface area (Å²) in [5.74, 6) is 2.14. The van der Waals surface area contributed by atoms with Crippen molar-refractivity contribution in [3.05, 3.63) is 0 Å². The van der Waals surface area contributed by atoms with E-state index in [4.69, 9.17) is 8.85 Å². The fourth-order valence-electron chi connectivity index (χ4n) is 2.60. The van der Waals surface area contributed by atoms with Crippen LogP contribution in [-0.4, -0.2) is 36.6 Å². The summed E-state index contributed by atoms with van der Waals surface area (Å²) in [6.45, 7) is 4.56. The predicted molar refractivity (Wildman–Crippen MR) is 70.0 cm³/mol. The van der Waals surface area contributed by atoms with Crippen LogP contribution in [0.5, 0.6) is 0 Å². The van der Waals surface area contributed by atoms with E-state index in [0.29, 0.717) is 0 Å². The molecular formula is C12H27NO2Si. The lowest BCUT2D eigenvalue weighted by molar-refractivity contribution is 0.185. The van der Waals surface area contributed by atoms with Crippen molar-refractivity contribution in [3.8, 4) is 0 Å². The molecule has 1 N–H and O–H groups in total. The normalized spacial score (nSPS) is 29.2. The van der Waals surface area contributed by atoms with Gasteiger partial charge in [-0.15, -0.1) is 0 Å². The molecule has 2 atom stereocenters. The smallest absolute Gasteiger partial charge is 0.317 e. The van der Waals surface area contributed by atoms with E-state index in [1.807, 2.05) is 6.55 Å². The number of nitrogens with one attached hydrogen (secondary N) is 1. The zero-order valence-electron chi connectivity index (χ0n) is 11.0. The van der Waals surface area contributed by atoms with Crippen LogP contribution in [0.2, 0.25) is 6.55 Å². The monoisotopic (exact) mass is 245 g/mol. The highest BCUT2D eigenvalue weighted by molar-refractivity contribution is 6.42. The minimum absolute atomic E-state index is 1.04. The number of hydrogen-bond acceptors (Lipinski definition) is 3. The van der Waals surface area contributed by atoms with Crippen molar-refractivity contribution in [3.63, 3.8) is 0 Å². The van der Waals surface area contributed by atoms with Gasteiger partial charge in [-0.05, 0) is 44.3 Å². The summed E-state index contributed by atoms with van der Waals surface area (Å²) in [6, 6.07) is 0. The highest BCUT2D eigenvalue weighted by Gasteiger charge is 2.26. The van der Waals surface area contributed by atoms with Gasteiger partial charge in [0.15, 0.2) is 0 Å². The number of rotatable bonds is 2. The number of piperidine rings is 1. The van der Waals surface area contributed by atoms with E-state index >= 15 is 0 Å². The Morgan fingerprint density at radius 1 is 1.00 bits per heavy atom. The summed E-state index contributed by atoms with van der Waals surface area (Å²) in [5.41, 5.74) is 0. The summed E-state index contributed by atoms with van der Waals surface area (Å²) in [4.78, 5) is 0. The van der Waals surface area contributed by atoms with E-state index < -0.39 is 9.28 Å². The van der Waals surface area contributed by atoms with Crippen molar-refractivity contribution < 1.29 is 8.85 Å². The van der Waals surface area contributed by atoms with E-state index in [2.05, 4.69) is 5.32 Å². The molecule has 0 amide bonds. The number of hydrogen-bond donors (Lipinski definition) is 1. The van der Waals surface area contributed by atoms with Crippen LogP contribution in [0.25, 0.3) is 0 Å². The maximum absolute atomic E-state index is 4.82. The molecule has 0 aromatic carbocycles. The first-order chi connectivity index (χ1) is 7.77.